The fourth-order valence-electron chi connectivity index (χ4n) is 5.42. The largest absolute Gasteiger partial charge is 0.356 e. The van der Waals surface area contributed by atoms with E-state index in [1.807, 2.05) is 11.8 Å². The minimum Gasteiger partial charge on any atom is -0.356 e. The van der Waals surface area contributed by atoms with Gasteiger partial charge in [0, 0.05) is 37.9 Å². The van der Waals surface area contributed by atoms with Crippen LogP contribution in [0.1, 0.15) is 25.0 Å². The molecule has 9 heteroatoms. The molecule has 0 amide bonds. The Kier molecular flexibility index (Phi) is 4.69. The van der Waals surface area contributed by atoms with Crippen LogP contribution in [0.5, 0.6) is 0 Å². The van der Waals surface area contributed by atoms with Crippen molar-refractivity contribution >= 4 is 23.4 Å². The van der Waals surface area contributed by atoms with Gasteiger partial charge < -0.3 is 4.90 Å². The Morgan fingerprint density at radius 2 is 1.88 bits per heavy atom. The Hall–Kier alpha value is -3.23. The average Bonchev–Trinajstić information content (AvgIpc) is 3.26. The summed E-state index contributed by atoms with van der Waals surface area (Å²) in [7, 11) is 0. The van der Waals surface area contributed by atoms with Gasteiger partial charge in [-0.05, 0) is 62.3 Å². The van der Waals surface area contributed by atoms with Crippen LogP contribution in [0.3, 0.4) is 0 Å². The standard InChI is InChI=1S/C23H27FN8/c1-15-11-20(27-14-26-15)30-12-16-3-4-17(13-30)21(16)28-22-29-31-10-2-9-25-23(31)32(22)19-7-5-18(24)6-8-19/h5-8,11,14,16-17,21H,2-4,9-10,12-13H2,1H3,(H,28,29). The zero-order chi connectivity index (χ0) is 21.7. The van der Waals surface area contributed by atoms with Gasteiger partial charge in [-0.25, -0.2) is 24.3 Å². The zero-order valence-electron chi connectivity index (χ0n) is 18.2. The second kappa shape index (κ2) is 7.72. The minimum atomic E-state index is -0.243. The highest BCUT2D eigenvalue weighted by Gasteiger charge is 2.44. The Morgan fingerprint density at radius 3 is 2.62 bits per heavy atom. The van der Waals surface area contributed by atoms with E-state index in [1.165, 1.54) is 25.0 Å². The minimum absolute atomic E-state index is 0.243. The highest BCUT2D eigenvalue weighted by Crippen LogP contribution is 2.40. The molecule has 0 radical (unpaired) electrons. The van der Waals surface area contributed by atoms with Gasteiger partial charge in [0.2, 0.25) is 11.9 Å². The number of halogens is 1. The maximum Gasteiger partial charge on any atom is 0.227 e. The summed E-state index contributed by atoms with van der Waals surface area (Å²) >= 11 is 0. The van der Waals surface area contributed by atoms with Crippen LogP contribution in [-0.4, -0.2) is 59.1 Å². The predicted molar refractivity (Wildman–Crippen MR) is 122 cm³/mol. The predicted octanol–water partition coefficient (Wildman–Crippen LogP) is 2.58. The second-order valence-electron chi connectivity index (χ2n) is 9.07. The van der Waals surface area contributed by atoms with Gasteiger partial charge in [0.25, 0.3) is 0 Å². The molecule has 2 bridgehead atoms. The molecule has 4 heterocycles. The van der Waals surface area contributed by atoms with E-state index in [2.05, 4.69) is 31.4 Å². The molecule has 2 saturated heterocycles. The van der Waals surface area contributed by atoms with Gasteiger partial charge in [0.05, 0.1) is 11.7 Å². The number of hydrogen-bond acceptors (Lipinski definition) is 6. The number of aryl methyl sites for hydroxylation is 1. The van der Waals surface area contributed by atoms with Crippen molar-refractivity contribution in [3.8, 4) is 0 Å². The van der Waals surface area contributed by atoms with E-state index in [-0.39, 0.29) is 11.9 Å². The summed E-state index contributed by atoms with van der Waals surface area (Å²) in [5.74, 6) is 3.38. The molecule has 3 fully saturated rings. The number of guanidine groups is 2. The van der Waals surface area contributed by atoms with Crippen molar-refractivity contribution in [3.05, 3.63) is 48.2 Å². The van der Waals surface area contributed by atoms with E-state index in [1.54, 1.807) is 18.5 Å². The molecule has 1 saturated carbocycles. The van der Waals surface area contributed by atoms with Crippen molar-refractivity contribution in [1.82, 2.24) is 20.4 Å². The molecule has 2 aromatic rings. The normalized spacial score (nSPS) is 28.1. The van der Waals surface area contributed by atoms with Crippen LogP contribution in [0.4, 0.5) is 15.9 Å². The van der Waals surface area contributed by atoms with E-state index in [0.717, 1.165) is 61.7 Å². The number of aromatic nitrogens is 2. The van der Waals surface area contributed by atoms with E-state index < -0.39 is 0 Å². The number of nitrogens with zero attached hydrogens (tertiary/aromatic N) is 7. The summed E-state index contributed by atoms with van der Waals surface area (Å²) in [5.41, 5.74) is 5.34. The molecule has 1 aromatic heterocycles. The van der Waals surface area contributed by atoms with Gasteiger partial charge in [0.15, 0.2) is 0 Å². The molecule has 3 aliphatic heterocycles. The van der Waals surface area contributed by atoms with E-state index in [0.29, 0.717) is 11.8 Å². The molecule has 32 heavy (non-hydrogen) atoms. The molecule has 1 aliphatic carbocycles. The average molecular weight is 435 g/mol. The number of hydrazine groups is 1. The monoisotopic (exact) mass is 434 g/mol. The van der Waals surface area contributed by atoms with Gasteiger partial charge in [-0.2, -0.15) is 0 Å². The first-order chi connectivity index (χ1) is 15.7. The van der Waals surface area contributed by atoms with Crippen LogP contribution in [0.15, 0.2) is 46.6 Å². The number of piperidine rings is 1. The molecule has 0 spiro atoms. The Morgan fingerprint density at radius 1 is 1.09 bits per heavy atom. The van der Waals surface area contributed by atoms with E-state index in [4.69, 9.17) is 9.98 Å². The third-order valence-electron chi connectivity index (χ3n) is 6.93. The molecular formula is C23H27FN8. The van der Waals surface area contributed by atoms with Crippen LogP contribution >= 0.6 is 0 Å². The van der Waals surface area contributed by atoms with Crippen LogP contribution in [0.25, 0.3) is 0 Å². The van der Waals surface area contributed by atoms with Gasteiger partial charge >= 0.3 is 0 Å². The summed E-state index contributed by atoms with van der Waals surface area (Å²) < 4.78 is 13.6. The smallest absolute Gasteiger partial charge is 0.227 e. The van der Waals surface area contributed by atoms with Gasteiger partial charge in [-0.3, -0.25) is 15.4 Å². The molecule has 2 atom stereocenters. The van der Waals surface area contributed by atoms with Gasteiger partial charge in [-0.1, -0.05) is 0 Å². The highest BCUT2D eigenvalue weighted by atomic mass is 19.1. The van der Waals surface area contributed by atoms with E-state index in [9.17, 15) is 4.39 Å². The maximum atomic E-state index is 13.6. The van der Waals surface area contributed by atoms with Gasteiger partial charge in [0.1, 0.15) is 18.0 Å². The molecule has 1 aromatic carbocycles. The lowest BCUT2D eigenvalue weighted by molar-refractivity contribution is 0.347. The lowest BCUT2D eigenvalue weighted by Crippen LogP contribution is -2.46. The number of benzene rings is 1. The fraction of sp³-hybridized carbons (Fsp3) is 0.478. The zero-order valence-corrected chi connectivity index (χ0v) is 18.2. The Bertz CT molecular complexity index is 1050. The summed E-state index contributed by atoms with van der Waals surface area (Å²) in [4.78, 5) is 23.2. The number of rotatable bonds is 3. The Labute approximate surface area is 186 Å². The van der Waals surface area contributed by atoms with Crippen molar-refractivity contribution in [1.29, 1.82) is 0 Å². The maximum absolute atomic E-state index is 13.6. The molecule has 2 unspecified atom stereocenters. The molecule has 4 aliphatic rings. The van der Waals surface area contributed by atoms with Gasteiger partial charge in [-0.15, -0.1) is 0 Å². The highest BCUT2D eigenvalue weighted by molar-refractivity contribution is 6.21. The van der Waals surface area contributed by atoms with Crippen molar-refractivity contribution in [3.63, 3.8) is 0 Å². The lowest BCUT2D eigenvalue weighted by Gasteiger charge is -2.37. The summed E-state index contributed by atoms with van der Waals surface area (Å²) in [6, 6.07) is 8.89. The fourth-order valence-corrected chi connectivity index (χ4v) is 5.42. The van der Waals surface area contributed by atoms with Crippen molar-refractivity contribution in [2.24, 2.45) is 21.8 Å². The van der Waals surface area contributed by atoms with Crippen molar-refractivity contribution < 1.29 is 4.39 Å². The molecule has 6 rings (SSSR count). The molecular weight excluding hydrogens is 407 g/mol. The quantitative estimate of drug-likeness (QED) is 0.801. The molecule has 8 nitrogen and oxygen atoms in total. The second-order valence-corrected chi connectivity index (χ2v) is 9.07. The number of nitrogens with one attached hydrogen (secondary N) is 1. The van der Waals surface area contributed by atoms with Crippen molar-refractivity contribution in [2.75, 3.05) is 36.0 Å². The Balaban J connectivity index is 1.30. The van der Waals surface area contributed by atoms with E-state index >= 15 is 0 Å². The third kappa shape index (κ3) is 3.36. The topological polar surface area (TPSA) is 72.2 Å². The summed E-state index contributed by atoms with van der Waals surface area (Å²) in [6.07, 6.45) is 5.00. The summed E-state index contributed by atoms with van der Waals surface area (Å²) in [5, 5.41) is 2.06. The van der Waals surface area contributed by atoms with Crippen LogP contribution in [0.2, 0.25) is 0 Å². The number of aliphatic imine (C=N–C) groups is 2. The first kappa shape index (κ1) is 19.5. The van der Waals surface area contributed by atoms with Crippen LogP contribution in [0, 0.1) is 24.6 Å². The third-order valence-corrected chi connectivity index (χ3v) is 6.93. The van der Waals surface area contributed by atoms with Crippen LogP contribution < -0.4 is 15.2 Å². The first-order valence-electron chi connectivity index (χ1n) is 11.4. The molecule has 1 N–H and O–H groups in total. The number of hydrogen-bond donors (Lipinski definition) is 1. The SMILES string of the molecule is Cc1cc(N2CC3CCC(C2)C3N=C2NN3CCCN=C3N2c2ccc(F)cc2)ncn1. The first-order valence-corrected chi connectivity index (χ1v) is 11.4. The van der Waals surface area contributed by atoms with Crippen molar-refractivity contribution in [2.45, 2.75) is 32.2 Å². The molecule has 166 valence electrons. The number of fused-ring (bicyclic) bond motifs is 3. The summed E-state index contributed by atoms with van der Waals surface area (Å²) in [6.45, 7) is 5.59. The van der Waals surface area contributed by atoms with Crippen LogP contribution in [-0.2, 0) is 0 Å². The number of anilines is 2. The lowest BCUT2D eigenvalue weighted by atomic mass is 9.92.